The van der Waals surface area contributed by atoms with Crippen LogP contribution in [0.3, 0.4) is 0 Å². The molecule has 1 aliphatic carbocycles. The fraction of sp³-hybridized carbons (Fsp3) is 0.812. The summed E-state index contributed by atoms with van der Waals surface area (Å²) in [5, 5.41) is 8.17. The third-order valence-electron chi connectivity index (χ3n) is 4.64. The first-order chi connectivity index (χ1) is 10.2. The van der Waals surface area contributed by atoms with Gasteiger partial charge in [-0.25, -0.2) is 0 Å². The van der Waals surface area contributed by atoms with Crippen LogP contribution in [0.2, 0.25) is 0 Å². The summed E-state index contributed by atoms with van der Waals surface area (Å²) in [6.45, 7) is 7.75. The highest BCUT2D eigenvalue weighted by Crippen LogP contribution is 2.35. The fourth-order valence-corrected chi connectivity index (χ4v) is 3.48. The van der Waals surface area contributed by atoms with E-state index in [-0.39, 0.29) is 5.79 Å². The largest absolute Gasteiger partial charge is 0.348 e. The highest BCUT2D eigenvalue weighted by Gasteiger charge is 2.39. The minimum atomic E-state index is -0.234. The molecule has 1 aromatic rings. The molecule has 2 heterocycles. The number of ether oxygens (including phenoxy) is 2. The van der Waals surface area contributed by atoms with E-state index in [9.17, 15) is 0 Å². The zero-order valence-corrected chi connectivity index (χ0v) is 13.2. The van der Waals surface area contributed by atoms with Crippen molar-refractivity contribution in [2.45, 2.75) is 64.3 Å². The van der Waals surface area contributed by atoms with Crippen LogP contribution in [-0.4, -0.2) is 41.4 Å². The van der Waals surface area contributed by atoms with E-state index < -0.39 is 0 Å². The lowest BCUT2D eigenvalue weighted by molar-refractivity contribution is -0.179. The van der Waals surface area contributed by atoms with Crippen LogP contribution in [0, 0.1) is 13.8 Å². The van der Waals surface area contributed by atoms with E-state index in [0.29, 0.717) is 6.04 Å². The molecule has 118 valence electrons. The van der Waals surface area contributed by atoms with Gasteiger partial charge < -0.3 is 14.8 Å². The molecular formula is C16H27N3O2. The molecule has 0 radical (unpaired) electrons. The Morgan fingerprint density at radius 1 is 1.29 bits per heavy atom. The average molecular weight is 293 g/mol. The van der Waals surface area contributed by atoms with Gasteiger partial charge in [0.2, 0.25) is 0 Å². The summed E-state index contributed by atoms with van der Waals surface area (Å²) in [6, 6.07) is 2.75. The monoisotopic (exact) mass is 293 g/mol. The number of hydrogen-bond acceptors (Lipinski definition) is 4. The lowest BCUT2D eigenvalue weighted by atomic mass is 9.90. The normalized spacial score (nSPS) is 22.2. The van der Waals surface area contributed by atoms with Gasteiger partial charge in [0, 0.05) is 31.1 Å². The Morgan fingerprint density at radius 2 is 2.00 bits per heavy atom. The first-order valence-electron chi connectivity index (χ1n) is 8.19. The van der Waals surface area contributed by atoms with Crippen LogP contribution >= 0.6 is 0 Å². The lowest BCUT2D eigenvalue weighted by Crippen LogP contribution is -2.42. The average Bonchev–Trinajstić information content (AvgIpc) is 3.04. The second-order valence-electron chi connectivity index (χ2n) is 6.34. The second-order valence-corrected chi connectivity index (χ2v) is 6.34. The number of rotatable bonds is 5. The summed E-state index contributed by atoms with van der Waals surface area (Å²) in [6.07, 6.45) is 5.49. The molecule has 0 aromatic carbocycles. The summed E-state index contributed by atoms with van der Waals surface area (Å²) in [7, 11) is 0. The molecule has 0 amide bonds. The van der Waals surface area contributed by atoms with E-state index in [1.54, 1.807) is 0 Å². The predicted molar refractivity (Wildman–Crippen MR) is 81.2 cm³/mol. The Bertz CT molecular complexity index is 456. The Balaban J connectivity index is 1.34. The van der Waals surface area contributed by atoms with Crippen molar-refractivity contribution in [1.29, 1.82) is 0 Å². The fourth-order valence-electron chi connectivity index (χ4n) is 3.48. The van der Waals surface area contributed by atoms with Crippen molar-refractivity contribution in [1.82, 2.24) is 15.1 Å². The number of nitrogens with one attached hydrogen (secondary N) is 1. The van der Waals surface area contributed by atoms with E-state index in [4.69, 9.17) is 9.47 Å². The van der Waals surface area contributed by atoms with Crippen molar-refractivity contribution in [2.75, 3.05) is 19.8 Å². The van der Waals surface area contributed by atoms with Gasteiger partial charge in [-0.3, -0.25) is 4.68 Å². The van der Waals surface area contributed by atoms with Crippen LogP contribution in [0.1, 0.15) is 43.5 Å². The zero-order chi connectivity index (χ0) is 14.7. The minimum absolute atomic E-state index is 0.234. The van der Waals surface area contributed by atoms with Crippen LogP contribution in [0.15, 0.2) is 6.07 Å². The molecule has 2 aliphatic rings. The van der Waals surface area contributed by atoms with Crippen LogP contribution in [-0.2, 0) is 16.0 Å². The molecule has 0 bridgehead atoms. The summed E-state index contributed by atoms with van der Waals surface area (Å²) in [5.74, 6) is -0.234. The van der Waals surface area contributed by atoms with E-state index in [0.717, 1.165) is 64.1 Å². The number of nitrogens with zero attached hydrogens (tertiary/aromatic N) is 2. The first-order valence-corrected chi connectivity index (χ1v) is 8.19. The molecule has 1 aromatic heterocycles. The molecule has 1 N–H and O–H groups in total. The van der Waals surface area contributed by atoms with Gasteiger partial charge in [0.15, 0.2) is 5.79 Å². The van der Waals surface area contributed by atoms with Crippen molar-refractivity contribution in [3.8, 4) is 0 Å². The highest BCUT2D eigenvalue weighted by atomic mass is 16.7. The maximum Gasteiger partial charge on any atom is 0.168 e. The van der Waals surface area contributed by atoms with Crippen molar-refractivity contribution in [2.24, 2.45) is 0 Å². The third kappa shape index (κ3) is 3.65. The van der Waals surface area contributed by atoms with Gasteiger partial charge in [-0.05, 0) is 45.7 Å². The zero-order valence-electron chi connectivity index (χ0n) is 13.2. The van der Waals surface area contributed by atoms with Gasteiger partial charge >= 0.3 is 0 Å². The SMILES string of the molecule is Cc1cc(C)n(CCCNC2CCC3(CC2)OCCO3)n1. The Morgan fingerprint density at radius 3 is 2.62 bits per heavy atom. The van der Waals surface area contributed by atoms with Crippen molar-refractivity contribution in [3.63, 3.8) is 0 Å². The molecule has 5 nitrogen and oxygen atoms in total. The predicted octanol–water partition coefficient (Wildman–Crippen LogP) is 2.17. The summed E-state index contributed by atoms with van der Waals surface area (Å²) < 4.78 is 13.6. The maximum atomic E-state index is 5.77. The van der Waals surface area contributed by atoms with Gasteiger partial charge in [-0.2, -0.15) is 5.10 Å². The molecule has 3 rings (SSSR count). The standard InChI is InChI=1S/C16H27N3O2/c1-13-12-14(2)19(18-13)9-3-8-17-15-4-6-16(7-5-15)20-10-11-21-16/h12,15,17H,3-11H2,1-2H3. The molecule has 0 unspecified atom stereocenters. The smallest absolute Gasteiger partial charge is 0.168 e. The van der Waals surface area contributed by atoms with E-state index >= 15 is 0 Å². The summed E-state index contributed by atoms with van der Waals surface area (Å²) >= 11 is 0. The van der Waals surface area contributed by atoms with E-state index in [2.05, 4.69) is 28.1 Å². The van der Waals surface area contributed by atoms with E-state index in [1.807, 2.05) is 6.92 Å². The third-order valence-corrected chi connectivity index (χ3v) is 4.64. The minimum Gasteiger partial charge on any atom is -0.348 e. The van der Waals surface area contributed by atoms with Crippen molar-refractivity contribution in [3.05, 3.63) is 17.5 Å². The molecular weight excluding hydrogens is 266 g/mol. The number of hydrogen-bond donors (Lipinski definition) is 1. The van der Waals surface area contributed by atoms with Crippen molar-refractivity contribution < 1.29 is 9.47 Å². The maximum absolute atomic E-state index is 5.77. The Kier molecular flexibility index (Phi) is 4.62. The summed E-state index contributed by atoms with van der Waals surface area (Å²) in [4.78, 5) is 0. The molecule has 0 atom stereocenters. The number of aromatic nitrogens is 2. The van der Waals surface area contributed by atoms with Gasteiger partial charge in [-0.1, -0.05) is 0 Å². The number of aryl methyl sites for hydroxylation is 3. The van der Waals surface area contributed by atoms with Gasteiger partial charge in [0.05, 0.1) is 18.9 Å². The molecule has 1 aliphatic heterocycles. The van der Waals surface area contributed by atoms with Crippen molar-refractivity contribution >= 4 is 0 Å². The lowest BCUT2D eigenvalue weighted by Gasteiger charge is -2.35. The topological polar surface area (TPSA) is 48.3 Å². The molecule has 1 saturated carbocycles. The molecule has 1 spiro atoms. The second kappa shape index (κ2) is 6.46. The van der Waals surface area contributed by atoms with Gasteiger partial charge in [0.25, 0.3) is 0 Å². The van der Waals surface area contributed by atoms with Crippen LogP contribution in [0.4, 0.5) is 0 Å². The molecule has 1 saturated heterocycles. The highest BCUT2D eigenvalue weighted by molar-refractivity contribution is 5.06. The quantitative estimate of drug-likeness (QED) is 0.845. The van der Waals surface area contributed by atoms with Crippen LogP contribution < -0.4 is 5.32 Å². The Labute approximate surface area is 127 Å². The Hall–Kier alpha value is -0.910. The summed E-state index contributed by atoms with van der Waals surface area (Å²) in [5.41, 5.74) is 2.36. The van der Waals surface area contributed by atoms with E-state index in [1.165, 1.54) is 5.69 Å². The molecule has 2 fully saturated rings. The first kappa shape index (κ1) is 15.0. The van der Waals surface area contributed by atoms with Gasteiger partial charge in [0.1, 0.15) is 0 Å². The molecule has 21 heavy (non-hydrogen) atoms. The van der Waals surface area contributed by atoms with Crippen LogP contribution in [0.5, 0.6) is 0 Å². The van der Waals surface area contributed by atoms with Crippen LogP contribution in [0.25, 0.3) is 0 Å². The van der Waals surface area contributed by atoms with Gasteiger partial charge in [-0.15, -0.1) is 0 Å². The molecule has 5 heteroatoms.